The summed E-state index contributed by atoms with van der Waals surface area (Å²) in [6.07, 6.45) is 2.74. The van der Waals surface area contributed by atoms with E-state index in [1.165, 1.54) is 10.9 Å². The van der Waals surface area contributed by atoms with Crippen LogP contribution in [0.5, 0.6) is 0 Å². The van der Waals surface area contributed by atoms with E-state index in [2.05, 4.69) is 18.0 Å². The smallest absolute Gasteiger partial charge is 0.0704 e. The Kier molecular flexibility index (Phi) is 2.97. The third-order valence-corrected chi connectivity index (χ3v) is 2.62. The number of para-hydroxylation sites is 1. The predicted octanol–water partition coefficient (Wildman–Crippen LogP) is 2.41. The van der Waals surface area contributed by atoms with E-state index in [-0.39, 0.29) is 6.61 Å². The topological polar surface area (TPSA) is 33.1 Å². The van der Waals surface area contributed by atoms with Crippen molar-refractivity contribution < 1.29 is 5.11 Å². The maximum absolute atomic E-state index is 9.05. The van der Waals surface area contributed by atoms with E-state index in [0.29, 0.717) is 5.92 Å². The molecule has 2 rings (SSSR count). The first kappa shape index (κ1) is 10.1. The van der Waals surface area contributed by atoms with Crippen LogP contribution in [0.2, 0.25) is 0 Å². The molecule has 0 spiro atoms. The average molecular weight is 201 g/mol. The zero-order chi connectivity index (χ0) is 10.7. The van der Waals surface area contributed by atoms with Gasteiger partial charge in [-0.05, 0) is 30.0 Å². The summed E-state index contributed by atoms with van der Waals surface area (Å²) in [6, 6.07) is 10.2. The Morgan fingerprint density at radius 1 is 1.27 bits per heavy atom. The summed E-state index contributed by atoms with van der Waals surface area (Å²) in [4.78, 5) is 4.31. The molecule has 0 unspecified atom stereocenters. The Balaban J connectivity index is 2.42. The van der Waals surface area contributed by atoms with Crippen LogP contribution in [0.4, 0.5) is 0 Å². The first-order valence-electron chi connectivity index (χ1n) is 5.24. The molecule has 2 nitrogen and oxygen atoms in total. The molecule has 2 aromatic rings. The molecule has 1 heterocycles. The Morgan fingerprint density at radius 3 is 2.87 bits per heavy atom. The van der Waals surface area contributed by atoms with Gasteiger partial charge in [-0.3, -0.25) is 4.98 Å². The predicted molar refractivity (Wildman–Crippen MR) is 61.7 cm³/mol. The fourth-order valence-electron chi connectivity index (χ4n) is 1.77. The van der Waals surface area contributed by atoms with E-state index < -0.39 is 0 Å². The molecule has 2 heteroatoms. The van der Waals surface area contributed by atoms with Gasteiger partial charge in [0.1, 0.15) is 0 Å². The molecule has 1 aromatic carbocycles. The summed E-state index contributed by atoms with van der Waals surface area (Å²) < 4.78 is 0. The Labute approximate surface area is 89.6 Å². The molecule has 0 bridgehead atoms. The van der Waals surface area contributed by atoms with Gasteiger partial charge in [0.15, 0.2) is 0 Å². The van der Waals surface area contributed by atoms with Crippen molar-refractivity contribution in [3.63, 3.8) is 0 Å². The van der Waals surface area contributed by atoms with Crippen LogP contribution in [0.15, 0.2) is 36.5 Å². The molecule has 0 aliphatic heterocycles. The largest absolute Gasteiger partial charge is 0.396 e. The highest BCUT2D eigenvalue weighted by Gasteiger charge is 2.05. The number of nitrogens with zero attached hydrogens (tertiary/aromatic N) is 1. The number of benzene rings is 1. The fraction of sp³-hybridized carbons (Fsp3) is 0.308. The zero-order valence-electron chi connectivity index (χ0n) is 8.85. The van der Waals surface area contributed by atoms with Crippen LogP contribution in [0.1, 0.15) is 12.5 Å². The maximum Gasteiger partial charge on any atom is 0.0704 e. The SMILES string of the molecule is C[C@H](CO)Cc1ccnc2ccccc12. The fourth-order valence-corrected chi connectivity index (χ4v) is 1.77. The van der Waals surface area contributed by atoms with Crippen molar-refractivity contribution in [3.05, 3.63) is 42.1 Å². The third kappa shape index (κ3) is 2.16. The Hall–Kier alpha value is -1.41. The second kappa shape index (κ2) is 4.41. The van der Waals surface area contributed by atoms with Gasteiger partial charge in [0.2, 0.25) is 0 Å². The lowest BCUT2D eigenvalue weighted by molar-refractivity contribution is 0.237. The molecule has 0 amide bonds. The van der Waals surface area contributed by atoms with Crippen LogP contribution in [-0.2, 0) is 6.42 Å². The monoisotopic (exact) mass is 201 g/mol. The standard InChI is InChI=1S/C13H15NO/c1-10(9-15)8-11-6-7-14-13-5-3-2-4-12(11)13/h2-7,10,15H,8-9H2,1H3/t10-/m0/s1. The first-order chi connectivity index (χ1) is 7.31. The van der Waals surface area contributed by atoms with Crippen LogP contribution in [0.25, 0.3) is 10.9 Å². The van der Waals surface area contributed by atoms with E-state index in [1.54, 1.807) is 0 Å². The summed E-state index contributed by atoms with van der Waals surface area (Å²) >= 11 is 0. The third-order valence-electron chi connectivity index (χ3n) is 2.62. The van der Waals surface area contributed by atoms with Crippen molar-refractivity contribution in [2.45, 2.75) is 13.3 Å². The lowest BCUT2D eigenvalue weighted by Gasteiger charge is -2.09. The molecular weight excluding hydrogens is 186 g/mol. The van der Waals surface area contributed by atoms with Gasteiger partial charge in [-0.25, -0.2) is 0 Å². The highest BCUT2D eigenvalue weighted by atomic mass is 16.3. The van der Waals surface area contributed by atoms with Gasteiger partial charge < -0.3 is 5.11 Å². The minimum atomic E-state index is 0.233. The van der Waals surface area contributed by atoms with E-state index >= 15 is 0 Å². The molecule has 0 aliphatic carbocycles. The van der Waals surface area contributed by atoms with Gasteiger partial charge in [-0.1, -0.05) is 25.1 Å². The highest BCUT2D eigenvalue weighted by molar-refractivity contribution is 5.81. The van der Waals surface area contributed by atoms with Crippen LogP contribution < -0.4 is 0 Å². The number of pyridine rings is 1. The Bertz CT molecular complexity index is 448. The molecule has 0 radical (unpaired) electrons. The minimum Gasteiger partial charge on any atom is -0.396 e. The van der Waals surface area contributed by atoms with Crippen LogP contribution in [0, 0.1) is 5.92 Å². The van der Waals surface area contributed by atoms with Crippen molar-refractivity contribution in [2.24, 2.45) is 5.92 Å². The number of fused-ring (bicyclic) bond motifs is 1. The van der Waals surface area contributed by atoms with E-state index in [1.807, 2.05) is 30.5 Å². The van der Waals surface area contributed by atoms with Gasteiger partial charge >= 0.3 is 0 Å². The van der Waals surface area contributed by atoms with E-state index in [9.17, 15) is 0 Å². The first-order valence-corrected chi connectivity index (χ1v) is 5.24. The summed E-state index contributed by atoms with van der Waals surface area (Å²) in [7, 11) is 0. The highest BCUT2D eigenvalue weighted by Crippen LogP contribution is 2.18. The molecule has 0 saturated heterocycles. The summed E-state index contributed by atoms with van der Waals surface area (Å²) in [6.45, 7) is 2.28. The quantitative estimate of drug-likeness (QED) is 0.827. The lowest BCUT2D eigenvalue weighted by atomic mass is 9.99. The maximum atomic E-state index is 9.05. The van der Waals surface area contributed by atoms with Crippen molar-refractivity contribution in [3.8, 4) is 0 Å². The lowest BCUT2D eigenvalue weighted by Crippen LogP contribution is -2.05. The number of rotatable bonds is 3. The van der Waals surface area contributed by atoms with E-state index in [4.69, 9.17) is 5.11 Å². The molecule has 0 fully saturated rings. The van der Waals surface area contributed by atoms with E-state index in [0.717, 1.165) is 11.9 Å². The van der Waals surface area contributed by atoms with Crippen molar-refractivity contribution in [1.29, 1.82) is 0 Å². The normalized spacial score (nSPS) is 12.9. The van der Waals surface area contributed by atoms with Gasteiger partial charge in [0.25, 0.3) is 0 Å². The number of aliphatic hydroxyl groups is 1. The van der Waals surface area contributed by atoms with Crippen LogP contribution >= 0.6 is 0 Å². The molecular formula is C13H15NO. The Morgan fingerprint density at radius 2 is 2.07 bits per heavy atom. The summed E-state index contributed by atoms with van der Waals surface area (Å²) in [5.41, 5.74) is 2.29. The molecule has 1 N–H and O–H groups in total. The van der Waals surface area contributed by atoms with Crippen molar-refractivity contribution in [2.75, 3.05) is 6.61 Å². The molecule has 0 aliphatic rings. The summed E-state index contributed by atoms with van der Waals surface area (Å²) in [5.74, 6) is 0.302. The van der Waals surface area contributed by atoms with Crippen molar-refractivity contribution in [1.82, 2.24) is 4.98 Å². The molecule has 78 valence electrons. The molecule has 15 heavy (non-hydrogen) atoms. The summed E-state index contributed by atoms with van der Waals surface area (Å²) in [5, 5.41) is 10.2. The molecule has 0 saturated carbocycles. The second-order valence-corrected chi connectivity index (χ2v) is 3.98. The van der Waals surface area contributed by atoms with Gasteiger partial charge in [-0.2, -0.15) is 0 Å². The minimum absolute atomic E-state index is 0.233. The zero-order valence-corrected chi connectivity index (χ0v) is 8.85. The van der Waals surface area contributed by atoms with Crippen LogP contribution in [0.3, 0.4) is 0 Å². The van der Waals surface area contributed by atoms with Gasteiger partial charge in [-0.15, -0.1) is 0 Å². The second-order valence-electron chi connectivity index (χ2n) is 3.98. The van der Waals surface area contributed by atoms with Crippen molar-refractivity contribution >= 4 is 10.9 Å². The number of aliphatic hydroxyl groups excluding tert-OH is 1. The molecule has 1 aromatic heterocycles. The number of hydrogen-bond donors (Lipinski definition) is 1. The van der Waals surface area contributed by atoms with Gasteiger partial charge in [0.05, 0.1) is 5.52 Å². The number of aromatic nitrogens is 1. The van der Waals surface area contributed by atoms with Crippen LogP contribution in [-0.4, -0.2) is 16.7 Å². The number of hydrogen-bond acceptors (Lipinski definition) is 2. The molecule has 1 atom stereocenters. The van der Waals surface area contributed by atoms with Gasteiger partial charge in [0, 0.05) is 18.2 Å². The average Bonchev–Trinajstić information content (AvgIpc) is 2.29.